The third kappa shape index (κ3) is 5.65. The SMILES string of the molecule is CCNC(=O)NC1CCC2(C)CCC(C(C)C(=O)NCc3cc(F)cc(F)c3)C(O)C2C1C. The zero-order valence-electron chi connectivity index (χ0n) is 20.0. The van der Waals surface area contributed by atoms with Gasteiger partial charge in [-0.2, -0.15) is 0 Å². The molecule has 0 aromatic heterocycles. The molecule has 0 aliphatic heterocycles. The number of benzene rings is 1. The number of aliphatic hydroxyl groups excluding tert-OH is 1. The van der Waals surface area contributed by atoms with Gasteiger partial charge in [-0.3, -0.25) is 4.79 Å². The highest BCUT2D eigenvalue weighted by Gasteiger charge is 2.53. The summed E-state index contributed by atoms with van der Waals surface area (Å²) in [7, 11) is 0. The number of fused-ring (bicyclic) bond motifs is 1. The lowest BCUT2D eigenvalue weighted by Gasteiger charge is -2.56. The Morgan fingerprint density at radius 3 is 2.42 bits per heavy atom. The number of nitrogens with one attached hydrogen (secondary N) is 3. The van der Waals surface area contributed by atoms with E-state index in [0.29, 0.717) is 12.1 Å². The second-order valence-electron chi connectivity index (χ2n) is 10.2. The topological polar surface area (TPSA) is 90.5 Å². The Bertz CT molecular complexity index is 847. The fraction of sp³-hybridized carbons (Fsp3) is 0.680. The second kappa shape index (κ2) is 10.4. The van der Waals surface area contributed by atoms with Crippen LogP contribution in [0.1, 0.15) is 58.9 Å². The Morgan fingerprint density at radius 2 is 1.79 bits per heavy atom. The molecule has 184 valence electrons. The summed E-state index contributed by atoms with van der Waals surface area (Å²) in [6.45, 7) is 8.53. The highest BCUT2D eigenvalue weighted by atomic mass is 19.1. The fourth-order valence-corrected chi connectivity index (χ4v) is 6.14. The van der Waals surface area contributed by atoms with E-state index in [1.165, 1.54) is 12.1 Å². The summed E-state index contributed by atoms with van der Waals surface area (Å²) in [5.74, 6) is -2.26. The molecule has 8 heteroatoms. The molecule has 6 nitrogen and oxygen atoms in total. The lowest BCUT2D eigenvalue weighted by Crippen LogP contribution is -2.59. The highest BCUT2D eigenvalue weighted by molar-refractivity contribution is 5.78. The number of aliphatic hydroxyl groups is 1. The number of halogens is 2. The molecule has 1 aromatic rings. The van der Waals surface area contributed by atoms with Crippen LogP contribution in [0.2, 0.25) is 0 Å². The van der Waals surface area contributed by atoms with Crippen LogP contribution in [-0.4, -0.2) is 35.7 Å². The summed E-state index contributed by atoms with van der Waals surface area (Å²) < 4.78 is 26.8. The van der Waals surface area contributed by atoms with Crippen molar-refractivity contribution in [3.8, 4) is 0 Å². The Balaban J connectivity index is 1.66. The lowest BCUT2D eigenvalue weighted by molar-refractivity contribution is -0.142. The molecule has 0 heterocycles. The number of hydrogen-bond acceptors (Lipinski definition) is 3. The van der Waals surface area contributed by atoms with Gasteiger partial charge in [0.1, 0.15) is 11.6 Å². The number of urea groups is 1. The largest absolute Gasteiger partial charge is 0.392 e. The van der Waals surface area contributed by atoms with Gasteiger partial charge in [-0.1, -0.05) is 20.8 Å². The van der Waals surface area contributed by atoms with Crippen molar-refractivity contribution in [2.75, 3.05) is 6.54 Å². The standard InChI is InChI=1S/C25H37F2N3O3/c1-5-28-24(33)30-20-7-9-25(4)8-6-19(22(31)21(25)15(20)3)14(2)23(32)29-13-16-10-17(26)12-18(27)11-16/h10-12,14-15,19-22,31H,5-9,13H2,1-4H3,(H,29,32)(H2,28,30,33). The monoisotopic (exact) mass is 465 g/mol. The maximum absolute atomic E-state index is 13.4. The fourth-order valence-electron chi connectivity index (χ4n) is 6.14. The molecular weight excluding hydrogens is 428 g/mol. The molecule has 0 spiro atoms. The van der Waals surface area contributed by atoms with E-state index in [0.717, 1.165) is 31.7 Å². The molecule has 7 atom stereocenters. The van der Waals surface area contributed by atoms with Crippen LogP contribution >= 0.6 is 0 Å². The molecule has 2 fully saturated rings. The molecule has 2 aliphatic carbocycles. The lowest BCUT2D eigenvalue weighted by atomic mass is 9.52. The summed E-state index contributed by atoms with van der Waals surface area (Å²) in [6.07, 6.45) is 2.74. The first-order valence-electron chi connectivity index (χ1n) is 12.0. The van der Waals surface area contributed by atoms with E-state index in [9.17, 15) is 23.5 Å². The van der Waals surface area contributed by atoms with Gasteiger partial charge in [-0.05, 0) is 73.5 Å². The molecule has 3 amide bonds. The van der Waals surface area contributed by atoms with Crippen molar-refractivity contribution in [3.63, 3.8) is 0 Å². The summed E-state index contributed by atoms with van der Waals surface area (Å²) in [5, 5.41) is 20.0. The summed E-state index contributed by atoms with van der Waals surface area (Å²) in [4.78, 5) is 24.9. The van der Waals surface area contributed by atoms with Crippen LogP contribution in [0.25, 0.3) is 0 Å². The van der Waals surface area contributed by atoms with Crippen molar-refractivity contribution in [2.24, 2.45) is 29.1 Å². The zero-order chi connectivity index (χ0) is 24.3. The average Bonchev–Trinajstić information content (AvgIpc) is 2.73. The minimum absolute atomic E-state index is 0.0246. The van der Waals surface area contributed by atoms with Crippen LogP contribution in [-0.2, 0) is 11.3 Å². The first kappa shape index (κ1) is 25.4. The normalized spacial score (nSPS) is 32.4. The molecule has 0 bridgehead atoms. The van der Waals surface area contributed by atoms with Crippen molar-refractivity contribution in [2.45, 2.75) is 72.1 Å². The molecule has 7 unspecified atom stereocenters. The van der Waals surface area contributed by atoms with E-state index in [2.05, 4.69) is 29.8 Å². The Kier molecular flexibility index (Phi) is 7.98. The van der Waals surface area contributed by atoms with Crippen LogP contribution in [0.4, 0.5) is 13.6 Å². The molecule has 2 saturated carbocycles. The maximum Gasteiger partial charge on any atom is 0.315 e. The van der Waals surface area contributed by atoms with Gasteiger partial charge in [0.15, 0.2) is 0 Å². The summed E-state index contributed by atoms with van der Waals surface area (Å²) in [6, 6.07) is 2.96. The number of carbonyl (C=O) groups excluding carboxylic acids is 2. The smallest absolute Gasteiger partial charge is 0.315 e. The third-order valence-electron chi connectivity index (χ3n) is 7.99. The van der Waals surface area contributed by atoms with E-state index in [-0.39, 0.29) is 47.7 Å². The number of rotatable bonds is 6. The van der Waals surface area contributed by atoms with Gasteiger partial charge in [0.25, 0.3) is 0 Å². The van der Waals surface area contributed by atoms with Crippen molar-refractivity contribution in [3.05, 3.63) is 35.4 Å². The van der Waals surface area contributed by atoms with Gasteiger partial charge >= 0.3 is 6.03 Å². The van der Waals surface area contributed by atoms with Gasteiger partial charge in [0, 0.05) is 31.1 Å². The van der Waals surface area contributed by atoms with Crippen molar-refractivity contribution < 1.29 is 23.5 Å². The highest BCUT2D eigenvalue weighted by Crippen LogP contribution is 2.55. The van der Waals surface area contributed by atoms with Crippen molar-refractivity contribution in [1.29, 1.82) is 0 Å². The Hall–Kier alpha value is -2.22. The number of carbonyl (C=O) groups is 2. The van der Waals surface area contributed by atoms with E-state index >= 15 is 0 Å². The first-order chi connectivity index (χ1) is 15.6. The van der Waals surface area contributed by atoms with E-state index in [1.54, 1.807) is 6.92 Å². The minimum Gasteiger partial charge on any atom is -0.392 e. The number of hydrogen-bond donors (Lipinski definition) is 4. The molecule has 1 aromatic carbocycles. The predicted octanol–water partition coefficient (Wildman–Crippen LogP) is 3.73. The van der Waals surface area contributed by atoms with Gasteiger partial charge in [0.2, 0.25) is 5.91 Å². The van der Waals surface area contributed by atoms with E-state index < -0.39 is 23.7 Å². The number of amides is 3. The quantitative estimate of drug-likeness (QED) is 0.516. The van der Waals surface area contributed by atoms with E-state index in [4.69, 9.17) is 0 Å². The minimum atomic E-state index is -0.684. The predicted molar refractivity (Wildman–Crippen MR) is 122 cm³/mol. The van der Waals surface area contributed by atoms with Gasteiger partial charge in [-0.25, -0.2) is 13.6 Å². The maximum atomic E-state index is 13.4. The Morgan fingerprint density at radius 1 is 1.15 bits per heavy atom. The molecule has 0 saturated heterocycles. The first-order valence-corrected chi connectivity index (χ1v) is 12.0. The van der Waals surface area contributed by atoms with Crippen molar-refractivity contribution >= 4 is 11.9 Å². The average molecular weight is 466 g/mol. The second-order valence-corrected chi connectivity index (χ2v) is 10.2. The summed E-state index contributed by atoms with van der Waals surface area (Å²) >= 11 is 0. The van der Waals surface area contributed by atoms with Crippen LogP contribution in [0.3, 0.4) is 0 Å². The van der Waals surface area contributed by atoms with Crippen LogP contribution in [0.15, 0.2) is 18.2 Å². The molecule has 3 rings (SSSR count). The molecule has 0 radical (unpaired) electrons. The Labute approximate surface area is 194 Å². The van der Waals surface area contributed by atoms with Crippen LogP contribution < -0.4 is 16.0 Å². The van der Waals surface area contributed by atoms with Gasteiger partial charge in [-0.15, -0.1) is 0 Å². The molecule has 2 aliphatic rings. The third-order valence-corrected chi connectivity index (χ3v) is 7.99. The van der Waals surface area contributed by atoms with Crippen molar-refractivity contribution in [1.82, 2.24) is 16.0 Å². The molecular formula is C25H37F2N3O3. The summed E-state index contributed by atoms with van der Waals surface area (Å²) in [5.41, 5.74) is 0.314. The van der Waals surface area contributed by atoms with Crippen LogP contribution in [0.5, 0.6) is 0 Å². The van der Waals surface area contributed by atoms with Crippen LogP contribution in [0, 0.1) is 40.7 Å². The van der Waals surface area contributed by atoms with Gasteiger partial charge < -0.3 is 21.1 Å². The van der Waals surface area contributed by atoms with E-state index in [1.807, 2.05) is 6.92 Å². The molecule has 4 N–H and O–H groups in total. The van der Waals surface area contributed by atoms with Gasteiger partial charge in [0.05, 0.1) is 6.10 Å². The zero-order valence-corrected chi connectivity index (χ0v) is 20.0. The molecule has 33 heavy (non-hydrogen) atoms.